The number of nitrogens with one attached hydrogen (secondary N) is 1. The van der Waals surface area contributed by atoms with Crippen LogP contribution in [0.5, 0.6) is 0 Å². The molecule has 1 aromatic heterocycles. The van der Waals surface area contributed by atoms with Crippen molar-refractivity contribution in [3.05, 3.63) is 40.5 Å². The van der Waals surface area contributed by atoms with Gasteiger partial charge in [-0.2, -0.15) is 0 Å². The van der Waals surface area contributed by atoms with Crippen molar-refractivity contribution >= 4 is 42.8 Å². The second kappa shape index (κ2) is 6.01. The van der Waals surface area contributed by atoms with Gasteiger partial charge in [0.05, 0.1) is 11.1 Å². The molecule has 0 saturated carbocycles. The Morgan fingerprint density at radius 1 is 1.19 bits per heavy atom. The summed E-state index contributed by atoms with van der Waals surface area (Å²) in [6.45, 7) is 0.0435. The number of thiazole rings is 1. The van der Waals surface area contributed by atoms with Gasteiger partial charge in [-0.3, -0.25) is 0 Å². The average molecular weight is 367 g/mol. The number of halogens is 1. The van der Waals surface area contributed by atoms with Crippen LogP contribution in [-0.4, -0.2) is 28.1 Å². The van der Waals surface area contributed by atoms with E-state index in [4.69, 9.17) is 11.6 Å². The van der Waals surface area contributed by atoms with Crippen molar-refractivity contribution in [2.75, 3.05) is 6.26 Å². The fourth-order valence-electron chi connectivity index (χ4n) is 1.47. The summed E-state index contributed by atoms with van der Waals surface area (Å²) >= 11 is 6.46. The quantitative estimate of drug-likeness (QED) is 0.868. The molecule has 0 amide bonds. The third-order valence-electron chi connectivity index (χ3n) is 2.54. The first-order valence-corrected chi connectivity index (χ1v) is 10.2. The molecule has 0 unspecified atom stereocenters. The highest BCUT2D eigenvalue weighted by Gasteiger charge is 2.17. The number of aromatic nitrogens is 1. The first-order chi connectivity index (χ1) is 9.68. The SMILES string of the molecule is CS(=O)(=O)c1ccc(CNS(=O)(=O)c2cnc(Cl)s2)cc1. The standard InChI is InChI=1S/C11H11ClN2O4S3/c1-20(15,16)9-4-2-8(3-5-9)6-14-21(17,18)10-7-13-11(12)19-10/h2-5,7,14H,6H2,1H3. The van der Waals surface area contributed by atoms with E-state index in [-0.39, 0.29) is 20.1 Å². The second-order valence-corrected chi connectivity index (χ2v) is 9.80. The molecule has 2 aromatic rings. The summed E-state index contributed by atoms with van der Waals surface area (Å²) in [6, 6.07) is 5.97. The third kappa shape index (κ3) is 4.24. The van der Waals surface area contributed by atoms with E-state index in [9.17, 15) is 16.8 Å². The van der Waals surface area contributed by atoms with Gasteiger partial charge in [0.15, 0.2) is 18.5 Å². The molecule has 1 heterocycles. The highest BCUT2D eigenvalue weighted by atomic mass is 35.5. The van der Waals surface area contributed by atoms with Crippen LogP contribution >= 0.6 is 22.9 Å². The Balaban J connectivity index is 2.10. The zero-order valence-corrected chi connectivity index (χ0v) is 14.0. The highest BCUT2D eigenvalue weighted by Crippen LogP contribution is 2.22. The van der Waals surface area contributed by atoms with Crippen molar-refractivity contribution in [3.63, 3.8) is 0 Å². The van der Waals surface area contributed by atoms with E-state index in [2.05, 4.69) is 9.71 Å². The van der Waals surface area contributed by atoms with Crippen LogP contribution in [0.3, 0.4) is 0 Å². The summed E-state index contributed by atoms with van der Waals surface area (Å²) in [5, 5.41) is 0. The Bertz CT molecular complexity index is 842. The van der Waals surface area contributed by atoms with Crippen LogP contribution in [0.2, 0.25) is 4.47 Å². The lowest BCUT2D eigenvalue weighted by Crippen LogP contribution is -2.22. The monoisotopic (exact) mass is 366 g/mol. The Morgan fingerprint density at radius 3 is 2.29 bits per heavy atom. The maximum absolute atomic E-state index is 11.9. The average Bonchev–Trinajstić information content (AvgIpc) is 2.83. The Hall–Kier alpha value is -1.00. The molecular weight excluding hydrogens is 356 g/mol. The normalized spacial score (nSPS) is 12.5. The molecule has 0 bridgehead atoms. The van der Waals surface area contributed by atoms with Gasteiger partial charge in [-0.05, 0) is 17.7 Å². The minimum Gasteiger partial charge on any atom is -0.232 e. The van der Waals surface area contributed by atoms with Gasteiger partial charge in [0, 0.05) is 12.8 Å². The van der Waals surface area contributed by atoms with E-state index in [1.807, 2.05) is 0 Å². The predicted molar refractivity (Wildman–Crippen MR) is 80.7 cm³/mol. The predicted octanol–water partition coefficient (Wildman–Crippen LogP) is 1.68. The van der Waals surface area contributed by atoms with E-state index >= 15 is 0 Å². The fraction of sp³-hybridized carbons (Fsp3) is 0.182. The smallest absolute Gasteiger partial charge is 0.232 e. The van der Waals surface area contributed by atoms with Crippen LogP contribution in [0.1, 0.15) is 5.56 Å². The number of rotatable bonds is 5. The van der Waals surface area contributed by atoms with Crippen molar-refractivity contribution in [1.82, 2.24) is 9.71 Å². The summed E-state index contributed by atoms with van der Waals surface area (Å²) in [5.41, 5.74) is 0.640. The number of sulfone groups is 1. The van der Waals surface area contributed by atoms with E-state index in [1.54, 1.807) is 12.1 Å². The molecule has 6 nitrogen and oxygen atoms in total. The molecule has 0 fully saturated rings. The molecular formula is C11H11ClN2O4S3. The zero-order valence-electron chi connectivity index (χ0n) is 10.8. The van der Waals surface area contributed by atoms with Gasteiger partial charge in [-0.15, -0.1) is 0 Å². The zero-order chi connectivity index (χ0) is 15.7. The molecule has 21 heavy (non-hydrogen) atoms. The van der Waals surface area contributed by atoms with Crippen molar-refractivity contribution in [2.45, 2.75) is 15.6 Å². The van der Waals surface area contributed by atoms with Gasteiger partial charge >= 0.3 is 0 Å². The Labute approximate surface area is 131 Å². The molecule has 2 rings (SSSR count). The first-order valence-electron chi connectivity index (χ1n) is 5.58. The van der Waals surface area contributed by atoms with E-state index < -0.39 is 19.9 Å². The lowest BCUT2D eigenvalue weighted by Gasteiger charge is -2.05. The van der Waals surface area contributed by atoms with Crippen LogP contribution in [0.4, 0.5) is 0 Å². The molecule has 0 aliphatic rings. The molecule has 0 saturated heterocycles. The molecule has 0 atom stereocenters. The molecule has 0 aliphatic heterocycles. The maximum Gasteiger partial charge on any atom is 0.252 e. The number of benzene rings is 1. The number of nitrogens with zero attached hydrogens (tertiary/aromatic N) is 1. The second-order valence-electron chi connectivity index (χ2n) is 4.17. The van der Waals surface area contributed by atoms with Gasteiger partial charge in [-0.1, -0.05) is 35.1 Å². The summed E-state index contributed by atoms with van der Waals surface area (Å²) in [4.78, 5) is 3.86. The van der Waals surface area contributed by atoms with Gasteiger partial charge in [0.2, 0.25) is 0 Å². The minimum absolute atomic E-state index is 0.0280. The Kier molecular flexibility index (Phi) is 4.69. The Morgan fingerprint density at radius 2 is 1.81 bits per heavy atom. The third-order valence-corrected chi connectivity index (χ3v) is 6.64. The van der Waals surface area contributed by atoms with Gasteiger partial charge < -0.3 is 0 Å². The molecule has 1 N–H and O–H groups in total. The molecule has 114 valence electrons. The van der Waals surface area contributed by atoms with Crippen molar-refractivity contribution in [1.29, 1.82) is 0 Å². The van der Waals surface area contributed by atoms with Crippen molar-refractivity contribution in [3.8, 4) is 0 Å². The first kappa shape index (κ1) is 16.4. The van der Waals surface area contributed by atoms with E-state index in [0.717, 1.165) is 17.6 Å². The lowest BCUT2D eigenvalue weighted by molar-refractivity contribution is 0.583. The topological polar surface area (TPSA) is 93.2 Å². The molecule has 0 spiro atoms. The largest absolute Gasteiger partial charge is 0.252 e. The summed E-state index contributed by atoms with van der Waals surface area (Å²) in [5.74, 6) is 0. The number of hydrogen-bond donors (Lipinski definition) is 1. The lowest BCUT2D eigenvalue weighted by atomic mass is 10.2. The minimum atomic E-state index is -3.67. The maximum atomic E-state index is 11.9. The molecule has 0 radical (unpaired) electrons. The van der Waals surface area contributed by atoms with Gasteiger partial charge in [0.1, 0.15) is 0 Å². The van der Waals surface area contributed by atoms with Crippen LogP contribution in [0.15, 0.2) is 39.6 Å². The summed E-state index contributed by atoms with van der Waals surface area (Å²) < 4.78 is 49.1. The van der Waals surface area contributed by atoms with E-state index in [0.29, 0.717) is 5.56 Å². The van der Waals surface area contributed by atoms with Crippen LogP contribution in [0, 0.1) is 0 Å². The van der Waals surface area contributed by atoms with E-state index in [1.165, 1.54) is 18.3 Å². The van der Waals surface area contributed by atoms with Crippen LogP contribution in [-0.2, 0) is 26.4 Å². The number of hydrogen-bond acceptors (Lipinski definition) is 6. The highest BCUT2D eigenvalue weighted by molar-refractivity contribution is 7.91. The van der Waals surface area contributed by atoms with Crippen molar-refractivity contribution in [2.24, 2.45) is 0 Å². The van der Waals surface area contributed by atoms with Gasteiger partial charge in [0.25, 0.3) is 10.0 Å². The number of sulfonamides is 1. The van der Waals surface area contributed by atoms with Crippen molar-refractivity contribution < 1.29 is 16.8 Å². The van der Waals surface area contributed by atoms with Gasteiger partial charge in [-0.25, -0.2) is 26.5 Å². The molecule has 0 aliphatic carbocycles. The fourth-order valence-corrected chi connectivity index (χ4v) is 4.45. The summed E-state index contributed by atoms with van der Waals surface area (Å²) in [6.07, 6.45) is 2.29. The van der Waals surface area contributed by atoms with Crippen LogP contribution < -0.4 is 4.72 Å². The summed E-state index contributed by atoms with van der Waals surface area (Å²) in [7, 11) is -6.94. The molecule has 10 heteroatoms. The van der Waals surface area contributed by atoms with Crippen LogP contribution in [0.25, 0.3) is 0 Å². The molecule has 1 aromatic carbocycles.